The number of carbonyl (C=O) groups excluding carboxylic acids is 1. The number of hydrogen-bond acceptors (Lipinski definition) is 3. The molecule has 1 fully saturated rings. The SMILES string of the molecule is COC(O)CC(c1cccc(C=O)c1)C1CC1. The van der Waals surface area contributed by atoms with E-state index in [-0.39, 0.29) is 0 Å². The van der Waals surface area contributed by atoms with Crippen LogP contribution in [-0.2, 0) is 4.74 Å². The number of rotatable bonds is 6. The molecule has 3 nitrogen and oxygen atoms in total. The first kappa shape index (κ1) is 12.3. The fraction of sp³-hybridized carbons (Fsp3) is 0.500. The van der Waals surface area contributed by atoms with Crippen LogP contribution in [0.3, 0.4) is 0 Å². The fourth-order valence-corrected chi connectivity index (χ4v) is 2.28. The second-order valence-electron chi connectivity index (χ2n) is 4.66. The van der Waals surface area contributed by atoms with Crippen LogP contribution in [0.25, 0.3) is 0 Å². The third-order valence-electron chi connectivity index (χ3n) is 3.39. The zero-order valence-electron chi connectivity index (χ0n) is 10.0. The standard InChI is InChI=1S/C14H18O3/c1-17-14(16)8-13(11-5-6-11)12-4-2-3-10(7-12)9-15/h2-4,7,9,11,13-14,16H,5-6,8H2,1H3. The Kier molecular flexibility index (Phi) is 3.92. The molecule has 2 rings (SSSR count). The summed E-state index contributed by atoms with van der Waals surface area (Å²) in [7, 11) is 1.51. The van der Waals surface area contributed by atoms with E-state index in [0.717, 1.165) is 11.8 Å². The van der Waals surface area contributed by atoms with Gasteiger partial charge in [-0.15, -0.1) is 0 Å². The summed E-state index contributed by atoms with van der Waals surface area (Å²) in [4.78, 5) is 10.8. The van der Waals surface area contributed by atoms with E-state index in [9.17, 15) is 9.90 Å². The number of aliphatic hydroxyl groups is 1. The topological polar surface area (TPSA) is 46.5 Å². The van der Waals surface area contributed by atoms with Crippen LogP contribution in [0.2, 0.25) is 0 Å². The van der Waals surface area contributed by atoms with Gasteiger partial charge in [0.2, 0.25) is 0 Å². The molecule has 1 aliphatic rings. The average Bonchev–Trinajstić information content (AvgIpc) is 3.20. The van der Waals surface area contributed by atoms with Gasteiger partial charge >= 0.3 is 0 Å². The van der Waals surface area contributed by atoms with E-state index >= 15 is 0 Å². The molecule has 2 atom stereocenters. The summed E-state index contributed by atoms with van der Waals surface area (Å²) in [6.45, 7) is 0. The number of carbonyl (C=O) groups is 1. The monoisotopic (exact) mass is 234 g/mol. The molecule has 2 unspecified atom stereocenters. The molecular formula is C14H18O3. The zero-order valence-corrected chi connectivity index (χ0v) is 10.0. The molecule has 1 aliphatic carbocycles. The highest BCUT2D eigenvalue weighted by Gasteiger charge is 2.33. The average molecular weight is 234 g/mol. The highest BCUT2D eigenvalue weighted by Crippen LogP contribution is 2.45. The van der Waals surface area contributed by atoms with Gasteiger partial charge in [-0.1, -0.05) is 18.2 Å². The van der Waals surface area contributed by atoms with Gasteiger partial charge in [-0.3, -0.25) is 4.79 Å². The van der Waals surface area contributed by atoms with Crippen LogP contribution in [0.1, 0.15) is 41.1 Å². The van der Waals surface area contributed by atoms with E-state index < -0.39 is 6.29 Å². The Balaban J connectivity index is 2.16. The molecule has 0 amide bonds. The van der Waals surface area contributed by atoms with E-state index in [1.54, 1.807) is 6.07 Å². The number of aliphatic hydroxyl groups excluding tert-OH is 1. The molecule has 1 N–H and O–H groups in total. The highest BCUT2D eigenvalue weighted by molar-refractivity contribution is 5.75. The molecule has 0 radical (unpaired) electrons. The van der Waals surface area contributed by atoms with Gasteiger partial charge in [-0.2, -0.15) is 0 Å². The maximum Gasteiger partial charge on any atom is 0.154 e. The summed E-state index contributed by atoms with van der Waals surface area (Å²) in [5.41, 5.74) is 1.83. The smallest absolute Gasteiger partial charge is 0.154 e. The van der Waals surface area contributed by atoms with Gasteiger partial charge in [0, 0.05) is 19.1 Å². The number of hydrogen-bond donors (Lipinski definition) is 1. The predicted molar refractivity (Wildman–Crippen MR) is 64.9 cm³/mol. The molecule has 0 bridgehead atoms. The summed E-state index contributed by atoms with van der Waals surface area (Å²) in [6.07, 6.45) is 3.14. The van der Waals surface area contributed by atoms with Crippen LogP contribution in [0.5, 0.6) is 0 Å². The Labute approximate surface area is 101 Å². The van der Waals surface area contributed by atoms with E-state index in [1.807, 2.05) is 18.2 Å². The van der Waals surface area contributed by atoms with Crippen molar-refractivity contribution in [2.24, 2.45) is 5.92 Å². The minimum Gasteiger partial charge on any atom is -0.368 e. The lowest BCUT2D eigenvalue weighted by atomic mass is 9.90. The van der Waals surface area contributed by atoms with Crippen LogP contribution in [0.4, 0.5) is 0 Å². The lowest BCUT2D eigenvalue weighted by Gasteiger charge is -2.19. The van der Waals surface area contributed by atoms with Crippen LogP contribution < -0.4 is 0 Å². The summed E-state index contributed by atoms with van der Waals surface area (Å²) < 4.78 is 4.92. The quantitative estimate of drug-likeness (QED) is 0.607. The molecule has 1 aromatic rings. The van der Waals surface area contributed by atoms with Gasteiger partial charge in [-0.05, 0) is 36.3 Å². The van der Waals surface area contributed by atoms with Crippen LogP contribution in [0, 0.1) is 5.92 Å². The van der Waals surface area contributed by atoms with Gasteiger partial charge in [0.05, 0.1) is 0 Å². The third kappa shape index (κ3) is 3.14. The van der Waals surface area contributed by atoms with Gasteiger partial charge < -0.3 is 9.84 Å². The maximum absolute atomic E-state index is 10.8. The van der Waals surface area contributed by atoms with Crippen LogP contribution in [-0.4, -0.2) is 24.8 Å². The van der Waals surface area contributed by atoms with E-state index in [2.05, 4.69) is 0 Å². The van der Waals surface area contributed by atoms with E-state index in [1.165, 1.54) is 20.0 Å². The summed E-state index contributed by atoms with van der Waals surface area (Å²) in [6, 6.07) is 7.64. The minimum absolute atomic E-state index is 0.296. The number of ether oxygens (including phenoxy) is 1. The molecule has 0 spiro atoms. The van der Waals surface area contributed by atoms with E-state index in [0.29, 0.717) is 23.8 Å². The van der Waals surface area contributed by atoms with Crippen molar-refractivity contribution in [1.29, 1.82) is 0 Å². The maximum atomic E-state index is 10.8. The van der Waals surface area contributed by atoms with Crippen LogP contribution in [0.15, 0.2) is 24.3 Å². The molecule has 1 saturated carbocycles. The molecule has 17 heavy (non-hydrogen) atoms. The van der Waals surface area contributed by atoms with Crippen LogP contribution >= 0.6 is 0 Å². The first-order valence-electron chi connectivity index (χ1n) is 6.00. The van der Waals surface area contributed by atoms with Crippen molar-refractivity contribution in [2.75, 3.05) is 7.11 Å². The lowest BCUT2D eigenvalue weighted by Crippen LogP contribution is -2.15. The first-order chi connectivity index (χ1) is 8.24. The van der Waals surface area contributed by atoms with Gasteiger partial charge in [0.15, 0.2) is 6.29 Å². The summed E-state index contributed by atoms with van der Waals surface area (Å²) in [5, 5.41) is 9.60. The Hall–Kier alpha value is -1.19. The lowest BCUT2D eigenvalue weighted by molar-refractivity contribution is -0.0831. The Morgan fingerprint density at radius 3 is 2.88 bits per heavy atom. The minimum atomic E-state index is -0.722. The number of aldehydes is 1. The Bertz CT molecular complexity index is 385. The summed E-state index contributed by atoms with van der Waals surface area (Å²) >= 11 is 0. The van der Waals surface area contributed by atoms with Gasteiger partial charge in [-0.25, -0.2) is 0 Å². The Morgan fingerprint density at radius 1 is 1.53 bits per heavy atom. The van der Waals surface area contributed by atoms with Crippen molar-refractivity contribution in [3.8, 4) is 0 Å². The largest absolute Gasteiger partial charge is 0.368 e. The highest BCUT2D eigenvalue weighted by atomic mass is 16.6. The second kappa shape index (κ2) is 5.43. The number of benzene rings is 1. The Morgan fingerprint density at radius 2 is 2.29 bits per heavy atom. The molecule has 0 aromatic heterocycles. The molecule has 0 saturated heterocycles. The molecule has 0 aliphatic heterocycles. The van der Waals surface area contributed by atoms with Crippen molar-refractivity contribution in [3.05, 3.63) is 35.4 Å². The normalized spacial score (nSPS) is 18.7. The molecule has 0 heterocycles. The second-order valence-corrected chi connectivity index (χ2v) is 4.66. The first-order valence-corrected chi connectivity index (χ1v) is 6.00. The molecule has 92 valence electrons. The van der Waals surface area contributed by atoms with Crippen molar-refractivity contribution >= 4 is 6.29 Å². The fourth-order valence-electron chi connectivity index (χ4n) is 2.28. The van der Waals surface area contributed by atoms with Gasteiger partial charge in [0.25, 0.3) is 0 Å². The predicted octanol–water partition coefficient (Wildman–Crippen LogP) is 2.35. The summed E-state index contributed by atoms with van der Waals surface area (Å²) in [5.74, 6) is 0.923. The van der Waals surface area contributed by atoms with Crippen molar-refractivity contribution in [2.45, 2.75) is 31.5 Å². The molecular weight excluding hydrogens is 216 g/mol. The van der Waals surface area contributed by atoms with Crippen molar-refractivity contribution in [3.63, 3.8) is 0 Å². The van der Waals surface area contributed by atoms with E-state index in [4.69, 9.17) is 4.74 Å². The van der Waals surface area contributed by atoms with Crippen molar-refractivity contribution in [1.82, 2.24) is 0 Å². The third-order valence-corrected chi connectivity index (χ3v) is 3.39. The molecule has 3 heteroatoms. The van der Waals surface area contributed by atoms with Gasteiger partial charge in [0.1, 0.15) is 6.29 Å². The van der Waals surface area contributed by atoms with Crippen molar-refractivity contribution < 1.29 is 14.6 Å². The zero-order chi connectivity index (χ0) is 12.3. The molecule has 1 aromatic carbocycles. The number of methoxy groups -OCH3 is 1.